The van der Waals surface area contributed by atoms with Crippen molar-refractivity contribution in [2.24, 2.45) is 7.05 Å². The molecular formula is C30H34N8O2. The Labute approximate surface area is 233 Å². The first-order valence-corrected chi connectivity index (χ1v) is 14.1. The van der Waals surface area contributed by atoms with Crippen LogP contribution in [-0.4, -0.2) is 54.7 Å². The Kier molecular flexibility index (Phi) is 6.84. The van der Waals surface area contributed by atoms with Crippen molar-refractivity contribution in [3.63, 3.8) is 0 Å². The number of pyridine rings is 1. The van der Waals surface area contributed by atoms with Gasteiger partial charge in [-0.25, -0.2) is 9.78 Å². The monoisotopic (exact) mass is 538 g/mol. The topological polar surface area (TPSA) is 117 Å². The van der Waals surface area contributed by atoms with E-state index in [1.54, 1.807) is 19.2 Å². The number of nitrogens with zero attached hydrogens (tertiary/aromatic N) is 8. The molecular weight excluding hydrogens is 504 g/mol. The molecule has 0 spiro atoms. The first-order chi connectivity index (χ1) is 19.4. The third-order valence-electron chi connectivity index (χ3n) is 8.36. The molecule has 10 heteroatoms. The van der Waals surface area contributed by atoms with Gasteiger partial charge in [0.05, 0.1) is 5.52 Å². The van der Waals surface area contributed by atoms with Crippen molar-refractivity contribution in [2.75, 3.05) is 18.0 Å². The van der Waals surface area contributed by atoms with E-state index in [-0.39, 0.29) is 23.8 Å². The highest BCUT2D eigenvalue weighted by atomic mass is 16.5. The van der Waals surface area contributed by atoms with Gasteiger partial charge in [0, 0.05) is 38.1 Å². The molecule has 40 heavy (non-hydrogen) atoms. The molecule has 10 nitrogen and oxygen atoms in total. The fourth-order valence-electron chi connectivity index (χ4n) is 5.82. The van der Waals surface area contributed by atoms with Gasteiger partial charge in [-0.3, -0.25) is 9.47 Å². The minimum absolute atomic E-state index is 0.0527. The van der Waals surface area contributed by atoms with E-state index in [1.165, 1.54) is 10.1 Å². The Morgan fingerprint density at radius 1 is 1.02 bits per heavy atom. The van der Waals surface area contributed by atoms with Crippen molar-refractivity contribution >= 4 is 16.9 Å². The Bertz CT molecular complexity index is 1630. The lowest BCUT2D eigenvalue weighted by Gasteiger charge is -2.49. The Balaban J connectivity index is 1.43. The van der Waals surface area contributed by atoms with Gasteiger partial charge in [0.2, 0.25) is 5.89 Å². The van der Waals surface area contributed by atoms with Crippen LogP contribution in [0.1, 0.15) is 80.0 Å². The number of benzene rings is 1. The zero-order chi connectivity index (χ0) is 28.0. The molecule has 1 saturated carbocycles. The summed E-state index contributed by atoms with van der Waals surface area (Å²) < 4.78 is 7.43. The summed E-state index contributed by atoms with van der Waals surface area (Å²) in [5.41, 5.74) is 3.52. The molecule has 3 aromatic heterocycles. The van der Waals surface area contributed by atoms with Gasteiger partial charge >= 0.3 is 5.69 Å². The fraction of sp³-hybridized carbons (Fsp3) is 0.467. The predicted molar refractivity (Wildman–Crippen MR) is 151 cm³/mol. The first-order valence-electron chi connectivity index (χ1n) is 14.1. The molecule has 4 aromatic rings. The van der Waals surface area contributed by atoms with E-state index in [0.717, 1.165) is 37.1 Å². The molecule has 0 amide bonds. The minimum atomic E-state index is -0.338. The van der Waals surface area contributed by atoms with Gasteiger partial charge in [-0.1, -0.05) is 48.8 Å². The number of aromatic nitrogens is 5. The minimum Gasteiger partial charge on any atom is -0.349 e. The lowest BCUT2D eigenvalue weighted by Crippen LogP contribution is -2.59. The van der Waals surface area contributed by atoms with Gasteiger partial charge in [0.25, 0.3) is 0 Å². The Morgan fingerprint density at radius 3 is 2.45 bits per heavy atom. The molecule has 206 valence electrons. The van der Waals surface area contributed by atoms with Gasteiger partial charge in [0.1, 0.15) is 23.3 Å². The molecule has 2 fully saturated rings. The number of hydrogen-bond donors (Lipinski definition) is 0. The summed E-state index contributed by atoms with van der Waals surface area (Å²) in [6.45, 7) is 7.78. The van der Waals surface area contributed by atoms with Crippen molar-refractivity contribution in [3.05, 3.63) is 75.4 Å². The number of rotatable bonds is 7. The van der Waals surface area contributed by atoms with Crippen LogP contribution in [0.15, 0.2) is 45.7 Å². The molecule has 4 heterocycles. The molecule has 0 bridgehead atoms. The summed E-state index contributed by atoms with van der Waals surface area (Å²) >= 11 is 0. The molecule has 3 atom stereocenters. The van der Waals surface area contributed by atoms with Crippen LogP contribution in [-0.2, 0) is 7.05 Å². The van der Waals surface area contributed by atoms with Crippen molar-refractivity contribution in [1.29, 1.82) is 5.26 Å². The summed E-state index contributed by atoms with van der Waals surface area (Å²) in [6, 6.07) is 14.1. The molecule has 1 unspecified atom stereocenters. The van der Waals surface area contributed by atoms with E-state index < -0.39 is 0 Å². The normalized spacial score (nSPS) is 20.5. The maximum Gasteiger partial charge on any atom is 0.349 e. The van der Waals surface area contributed by atoms with Crippen molar-refractivity contribution in [1.82, 2.24) is 29.6 Å². The zero-order valence-corrected chi connectivity index (χ0v) is 23.4. The molecule has 2 aliphatic rings. The SMILES string of the molecule is CC[C@H]1CN(C(c2ccc(C)cc2)c2nc(C3CC3)no2)[C@H](CC)CN1c1nc(=O)n(C)c2ccc(C#N)nc12. The molecule has 0 N–H and O–H groups in total. The van der Waals surface area contributed by atoms with Crippen LogP contribution in [0.3, 0.4) is 0 Å². The van der Waals surface area contributed by atoms with E-state index >= 15 is 0 Å². The number of hydrogen-bond acceptors (Lipinski definition) is 9. The van der Waals surface area contributed by atoms with Gasteiger partial charge < -0.3 is 9.42 Å². The summed E-state index contributed by atoms with van der Waals surface area (Å²) in [5, 5.41) is 13.9. The summed E-state index contributed by atoms with van der Waals surface area (Å²) in [5.74, 6) is 2.39. The van der Waals surface area contributed by atoms with Crippen LogP contribution in [0.4, 0.5) is 5.82 Å². The third kappa shape index (κ3) is 4.64. The summed E-state index contributed by atoms with van der Waals surface area (Å²) in [7, 11) is 1.69. The van der Waals surface area contributed by atoms with Gasteiger partial charge in [-0.05, 0) is 50.3 Å². The number of aryl methyl sites for hydroxylation is 2. The highest BCUT2D eigenvalue weighted by Crippen LogP contribution is 2.41. The van der Waals surface area contributed by atoms with Crippen molar-refractivity contribution in [3.8, 4) is 6.07 Å². The maximum atomic E-state index is 12.9. The molecule has 6 rings (SSSR count). The summed E-state index contributed by atoms with van der Waals surface area (Å²) in [4.78, 5) is 31.6. The van der Waals surface area contributed by atoms with Crippen LogP contribution in [0.25, 0.3) is 11.0 Å². The highest BCUT2D eigenvalue weighted by molar-refractivity contribution is 5.86. The number of fused-ring (bicyclic) bond motifs is 1. The lowest BCUT2D eigenvalue weighted by molar-refractivity contribution is 0.0930. The average Bonchev–Trinajstić information content (AvgIpc) is 3.72. The van der Waals surface area contributed by atoms with Crippen LogP contribution < -0.4 is 10.6 Å². The second kappa shape index (κ2) is 10.5. The predicted octanol–water partition coefficient (Wildman–Crippen LogP) is 4.24. The number of piperazine rings is 1. The third-order valence-corrected chi connectivity index (χ3v) is 8.36. The zero-order valence-electron chi connectivity index (χ0n) is 23.4. The van der Waals surface area contributed by atoms with Crippen molar-refractivity contribution in [2.45, 2.75) is 70.5 Å². The first kappa shape index (κ1) is 26.1. The average molecular weight is 539 g/mol. The Hall–Kier alpha value is -4.10. The van der Waals surface area contributed by atoms with E-state index in [4.69, 9.17) is 9.51 Å². The molecule has 1 saturated heterocycles. The largest absolute Gasteiger partial charge is 0.349 e. The number of nitriles is 1. The van der Waals surface area contributed by atoms with E-state index in [9.17, 15) is 10.1 Å². The second-order valence-corrected chi connectivity index (χ2v) is 11.0. The second-order valence-electron chi connectivity index (χ2n) is 11.0. The highest BCUT2D eigenvalue weighted by Gasteiger charge is 2.41. The standard InChI is InChI=1S/C30H34N8O2/c1-5-22-17-38(28-25-24(36(4)30(39)34-28)14-13-21(15-31)32-25)23(6-2)16-37(22)26(19-9-7-18(3)8-10-19)29-33-27(35-40-29)20-11-12-20/h7-10,13-14,20,22-23,26H,5-6,11-12,16-17H2,1-4H3/t22-,23+,26?/m1/s1. The molecule has 0 radical (unpaired) electrons. The summed E-state index contributed by atoms with van der Waals surface area (Å²) in [6.07, 6.45) is 3.93. The quantitative estimate of drug-likeness (QED) is 0.340. The van der Waals surface area contributed by atoms with E-state index in [1.807, 2.05) is 0 Å². The maximum absolute atomic E-state index is 12.9. The molecule has 1 aliphatic carbocycles. The van der Waals surface area contributed by atoms with Gasteiger partial charge in [-0.15, -0.1) is 0 Å². The van der Waals surface area contributed by atoms with Gasteiger partial charge in [0.15, 0.2) is 11.6 Å². The molecule has 1 aromatic carbocycles. The van der Waals surface area contributed by atoms with Crippen LogP contribution in [0, 0.1) is 18.3 Å². The fourth-order valence-corrected chi connectivity index (χ4v) is 5.82. The number of anilines is 1. The van der Waals surface area contributed by atoms with Crippen LogP contribution in [0.2, 0.25) is 0 Å². The lowest BCUT2D eigenvalue weighted by atomic mass is 9.95. The van der Waals surface area contributed by atoms with Gasteiger partial charge in [-0.2, -0.15) is 15.2 Å². The molecule has 1 aliphatic heterocycles. The van der Waals surface area contributed by atoms with E-state index in [0.29, 0.717) is 47.4 Å². The smallest absolute Gasteiger partial charge is 0.349 e. The Morgan fingerprint density at radius 2 is 1.77 bits per heavy atom. The van der Waals surface area contributed by atoms with Crippen molar-refractivity contribution < 1.29 is 4.52 Å². The van der Waals surface area contributed by atoms with Crippen LogP contribution in [0.5, 0.6) is 0 Å². The van der Waals surface area contributed by atoms with Crippen LogP contribution >= 0.6 is 0 Å². The van der Waals surface area contributed by atoms with E-state index in [2.05, 4.69) is 76.0 Å².